The summed E-state index contributed by atoms with van der Waals surface area (Å²) in [6.07, 6.45) is 1.23. The minimum Gasteiger partial charge on any atom is -0.493 e. The lowest BCUT2D eigenvalue weighted by molar-refractivity contribution is 0.262. The SMILES string of the molecule is COc1ccc(NC(=O)Nc2nnc(N3C[C@@H](C)C[C@H](C)C3)s2)cc1OC. The predicted molar refractivity (Wildman–Crippen MR) is 107 cm³/mol. The molecule has 2 heterocycles. The van der Waals surface area contributed by atoms with Crippen molar-refractivity contribution in [2.45, 2.75) is 20.3 Å². The molecular formula is C18H25N5O3S. The quantitative estimate of drug-likeness (QED) is 0.808. The fourth-order valence-corrected chi connectivity index (χ4v) is 4.14. The van der Waals surface area contributed by atoms with Gasteiger partial charge in [-0.15, -0.1) is 10.2 Å². The molecule has 1 aliphatic rings. The van der Waals surface area contributed by atoms with E-state index in [0.29, 0.717) is 34.2 Å². The Bertz CT molecular complexity index is 787. The standard InChI is InChI=1S/C18H25N5O3S/c1-11-7-12(2)10-23(9-11)18-22-21-17(27-18)20-16(24)19-13-5-6-14(25-3)15(8-13)26-4/h5-6,8,11-12H,7,9-10H2,1-4H3,(H2,19,20,21,24)/t11-,12-/m0/s1. The van der Waals surface area contributed by atoms with Crippen molar-refractivity contribution in [2.24, 2.45) is 11.8 Å². The van der Waals surface area contributed by atoms with Crippen LogP contribution in [-0.4, -0.2) is 43.5 Å². The number of anilines is 3. The molecule has 146 valence electrons. The van der Waals surface area contributed by atoms with Crippen molar-refractivity contribution in [3.05, 3.63) is 18.2 Å². The molecule has 0 saturated carbocycles. The van der Waals surface area contributed by atoms with Gasteiger partial charge in [0.1, 0.15) is 0 Å². The zero-order valence-corrected chi connectivity index (χ0v) is 16.8. The second-order valence-electron chi connectivity index (χ2n) is 6.89. The Labute approximate surface area is 162 Å². The van der Waals surface area contributed by atoms with E-state index in [1.165, 1.54) is 17.8 Å². The van der Waals surface area contributed by atoms with E-state index in [9.17, 15) is 4.79 Å². The van der Waals surface area contributed by atoms with Gasteiger partial charge in [-0.3, -0.25) is 5.32 Å². The first-order valence-electron chi connectivity index (χ1n) is 8.87. The Morgan fingerprint density at radius 2 is 1.81 bits per heavy atom. The fraction of sp³-hybridized carbons (Fsp3) is 0.500. The van der Waals surface area contributed by atoms with Crippen molar-refractivity contribution in [2.75, 3.05) is 42.8 Å². The summed E-state index contributed by atoms with van der Waals surface area (Å²) >= 11 is 1.38. The molecule has 0 radical (unpaired) electrons. The topological polar surface area (TPSA) is 88.6 Å². The van der Waals surface area contributed by atoms with Gasteiger partial charge in [0.2, 0.25) is 10.3 Å². The number of urea groups is 1. The summed E-state index contributed by atoms with van der Waals surface area (Å²) in [6, 6.07) is 4.78. The molecule has 2 amide bonds. The Morgan fingerprint density at radius 1 is 1.11 bits per heavy atom. The van der Waals surface area contributed by atoms with Crippen LogP contribution in [0.1, 0.15) is 20.3 Å². The molecular weight excluding hydrogens is 366 g/mol. The minimum atomic E-state index is -0.384. The van der Waals surface area contributed by atoms with Gasteiger partial charge in [0.25, 0.3) is 0 Å². The van der Waals surface area contributed by atoms with Gasteiger partial charge in [0, 0.05) is 24.8 Å². The Balaban J connectivity index is 1.61. The number of rotatable bonds is 5. The van der Waals surface area contributed by atoms with Gasteiger partial charge >= 0.3 is 6.03 Å². The lowest BCUT2D eigenvalue weighted by Crippen LogP contribution is -2.38. The first kappa shape index (κ1) is 19.2. The van der Waals surface area contributed by atoms with E-state index in [2.05, 4.69) is 39.6 Å². The highest BCUT2D eigenvalue weighted by Gasteiger charge is 2.24. The van der Waals surface area contributed by atoms with Gasteiger partial charge in [0.05, 0.1) is 14.2 Å². The summed E-state index contributed by atoms with van der Waals surface area (Å²) < 4.78 is 10.4. The maximum absolute atomic E-state index is 12.3. The molecule has 1 saturated heterocycles. The van der Waals surface area contributed by atoms with Crippen LogP contribution in [0.3, 0.4) is 0 Å². The number of carbonyl (C=O) groups is 1. The fourth-order valence-electron chi connectivity index (χ4n) is 3.39. The van der Waals surface area contributed by atoms with Crippen molar-refractivity contribution in [3.63, 3.8) is 0 Å². The van der Waals surface area contributed by atoms with Crippen molar-refractivity contribution in [1.29, 1.82) is 0 Å². The molecule has 0 spiro atoms. The molecule has 9 heteroatoms. The average Bonchev–Trinajstić information content (AvgIpc) is 3.09. The summed E-state index contributed by atoms with van der Waals surface area (Å²) in [5, 5.41) is 15.1. The molecule has 1 fully saturated rings. The van der Waals surface area contributed by atoms with Crippen LogP contribution in [0.2, 0.25) is 0 Å². The van der Waals surface area contributed by atoms with Gasteiger partial charge < -0.3 is 19.7 Å². The highest BCUT2D eigenvalue weighted by Crippen LogP contribution is 2.31. The molecule has 0 bridgehead atoms. The predicted octanol–water partition coefficient (Wildman–Crippen LogP) is 3.68. The van der Waals surface area contributed by atoms with E-state index >= 15 is 0 Å². The second kappa shape index (κ2) is 8.43. The summed E-state index contributed by atoms with van der Waals surface area (Å²) in [4.78, 5) is 14.5. The molecule has 2 N–H and O–H groups in total. The van der Waals surface area contributed by atoms with Crippen LogP contribution in [0.5, 0.6) is 11.5 Å². The summed E-state index contributed by atoms with van der Waals surface area (Å²) in [5.41, 5.74) is 0.591. The van der Waals surface area contributed by atoms with Gasteiger partial charge in [0.15, 0.2) is 11.5 Å². The zero-order valence-electron chi connectivity index (χ0n) is 16.0. The van der Waals surface area contributed by atoms with Crippen LogP contribution in [0, 0.1) is 11.8 Å². The van der Waals surface area contributed by atoms with Crippen LogP contribution in [0.4, 0.5) is 20.7 Å². The van der Waals surface area contributed by atoms with Gasteiger partial charge in [-0.2, -0.15) is 0 Å². The van der Waals surface area contributed by atoms with Crippen molar-refractivity contribution in [1.82, 2.24) is 10.2 Å². The molecule has 2 atom stereocenters. The number of hydrogen-bond acceptors (Lipinski definition) is 7. The monoisotopic (exact) mass is 391 g/mol. The van der Waals surface area contributed by atoms with Crippen molar-refractivity contribution >= 4 is 33.3 Å². The van der Waals surface area contributed by atoms with Crippen molar-refractivity contribution < 1.29 is 14.3 Å². The lowest BCUT2D eigenvalue weighted by Gasteiger charge is -2.34. The summed E-state index contributed by atoms with van der Waals surface area (Å²) in [5.74, 6) is 2.40. The number of carbonyl (C=O) groups excluding carboxylic acids is 1. The number of methoxy groups -OCH3 is 2. The van der Waals surface area contributed by atoms with E-state index in [1.807, 2.05) is 0 Å². The average molecular weight is 391 g/mol. The zero-order chi connectivity index (χ0) is 19.4. The molecule has 3 rings (SSSR count). The molecule has 1 aromatic carbocycles. The first-order chi connectivity index (χ1) is 13.0. The number of aromatic nitrogens is 2. The van der Waals surface area contributed by atoms with Gasteiger partial charge in [-0.1, -0.05) is 25.2 Å². The number of ether oxygens (including phenoxy) is 2. The molecule has 0 unspecified atom stereocenters. The summed E-state index contributed by atoms with van der Waals surface area (Å²) in [7, 11) is 3.11. The van der Waals surface area contributed by atoms with E-state index in [1.54, 1.807) is 32.4 Å². The number of benzene rings is 1. The van der Waals surface area contributed by atoms with Gasteiger partial charge in [-0.05, 0) is 30.4 Å². The number of piperidine rings is 1. The smallest absolute Gasteiger partial charge is 0.325 e. The Hall–Kier alpha value is -2.55. The summed E-state index contributed by atoms with van der Waals surface area (Å²) in [6.45, 7) is 6.44. The van der Waals surface area contributed by atoms with E-state index in [-0.39, 0.29) is 6.03 Å². The third-order valence-corrected chi connectivity index (χ3v) is 5.32. The maximum atomic E-state index is 12.3. The van der Waals surface area contributed by atoms with Gasteiger partial charge in [-0.25, -0.2) is 4.79 Å². The molecule has 1 aromatic heterocycles. The molecule has 27 heavy (non-hydrogen) atoms. The highest BCUT2D eigenvalue weighted by molar-refractivity contribution is 7.19. The molecule has 1 aliphatic heterocycles. The molecule has 0 aliphatic carbocycles. The lowest BCUT2D eigenvalue weighted by atomic mass is 9.92. The van der Waals surface area contributed by atoms with Crippen LogP contribution in [0.25, 0.3) is 0 Å². The second-order valence-corrected chi connectivity index (χ2v) is 7.85. The largest absolute Gasteiger partial charge is 0.493 e. The Kier molecular flexibility index (Phi) is 6.00. The number of nitrogens with one attached hydrogen (secondary N) is 2. The van der Waals surface area contributed by atoms with Crippen molar-refractivity contribution in [3.8, 4) is 11.5 Å². The van der Waals surface area contributed by atoms with E-state index < -0.39 is 0 Å². The molecule has 8 nitrogen and oxygen atoms in total. The normalized spacial score (nSPS) is 19.5. The van der Waals surface area contributed by atoms with E-state index in [0.717, 1.165) is 18.2 Å². The maximum Gasteiger partial charge on any atom is 0.325 e. The first-order valence-corrected chi connectivity index (χ1v) is 9.68. The third-order valence-electron chi connectivity index (χ3n) is 4.42. The minimum absolute atomic E-state index is 0.384. The number of amides is 2. The number of hydrogen-bond donors (Lipinski definition) is 2. The third kappa shape index (κ3) is 4.79. The Morgan fingerprint density at radius 3 is 2.48 bits per heavy atom. The number of nitrogens with zero attached hydrogens (tertiary/aromatic N) is 3. The van der Waals surface area contributed by atoms with Crippen LogP contribution in [-0.2, 0) is 0 Å². The van der Waals surface area contributed by atoms with Crippen LogP contribution < -0.4 is 25.0 Å². The molecule has 2 aromatic rings. The van der Waals surface area contributed by atoms with E-state index in [4.69, 9.17) is 9.47 Å². The van der Waals surface area contributed by atoms with Crippen LogP contribution >= 0.6 is 11.3 Å². The highest BCUT2D eigenvalue weighted by atomic mass is 32.1. The van der Waals surface area contributed by atoms with Crippen LogP contribution in [0.15, 0.2) is 18.2 Å².